The maximum atomic E-state index is 13.4. The van der Waals surface area contributed by atoms with Crippen molar-refractivity contribution in [2.24, 2.45) is 5.92 Å². The van der Waals surface area contributed by atoms with Gasteiger partial charge in [-0.25, -0.2) is 0 Å². The third kappa shape index (κ3) is 3.65. The van der Waals surface area contributed by atoms with Gasteiger partial charge in [0.15, 0.2) is 0 Å². The molecule has 0 spiro atoms. The number of pyridine rings is 1. The second-order valence-electron chi connectivity index (χ2n) is 6.17. The fourth-order valence-electron chi connectivity index (χ4n) is 3.41. The molecule has 2 atom stereocenters. The summed E-state index contributed by atoms with van der Waals surface area (Å²) in [4.78, 5) is 33.3. The zero-order valence-corrected chi connectivity index (χ0v) is 14.2. The van der Waals surface area contributed by atoms with Gasteiger partial charge >= 0.3 is 0 Å². The van der Waals surface area contributed by atoms with Crippen LogP contribution < -0.4 is 15.5 Å². The van der Waals surface area contributed by atoms with Crippen molar-refractivity contribution in [2.45, 2.75) is 31.7 Å². The van der Waals surface area contributed by atoms with Gasteiger partial charge in [0, 0.05) is 19.3 Å². The summed E-state index contributed by atoms with van der Waals surface area (Å²) in [6.45, 7) is 0. The highest BCUT2D eigenvalue weighted by atomic mass is 16.2. The van der Waals surface area contributed by atoms with E-state index in [-0.39, 0.29) is 17.9 Å². The van der Waals surface area contributed by atoms with Gasteiger partial charge < -0.3 is 15.6 Å². The van der Waals surface area contributed by atoms with E-state index < -0.39 is 0 Å². The van der Waals surface area contributed by atoms with Crippen LogP contribution in [-0.4, -0.2) is 35.4 Å². The van der Waals surface area contributed by atoms with E-state index in [1.807, 2.05) is 25.2 Å². The molecule has 132 valence electrons. The number of aromatic nitrogens is 2. The number of nitrogens with one attached hydrogen (secondary N) is 3. The molecule has 7 nitrogen and oxygen atoms in total. The Kier molecular flexibility index (Phi) is 5.33. The Balaban J connectivity index is 1.95. The second kappa shape index (κ2) is 7.83. The quantitative estimate of drug-likeness (QED) is 0.704. The van der Waals surface area contributed by atoms with Crippen molar-refractivity contribution < 1.29 is 9.59 Å². The Morgan fingerprint density at radius 1 is 1.32 bits per heavy atom. The first-order valence-electron chi connectivity index (χ1n) is 8.55. The van der Waals surface area contributed by atoms with Crippen LogP contribution in [0.3, 0.4) is 0 Å². The molecule has 0 bridgehead atoms. The van der Waals surface area contributed by atoms with Gasteiger partial charge in [-0.2, -0.15) is 0 Å². The third-order valence-corrected chi connectivity index (χ3v) is 4.67. The summed E-state index contributed by atoms with van der Waals surface area (Å²) in [6, 6.07) is 7.28. The molecule has 3 rings (SSSR count). The van der Waals surface area contributed by atoms with Crippen molar-refractivity contribution >= 4 is 29.6 Å². The number of carbonyl (C=O) groups is 2. The minimum absolute atomic E-state index is 0.0310. The van der Waals surface area contributed by atoms with Gasteiger partial charge in [-0.15, -0.1) is 0 Å². The number of anilines is 3. The van der Waals surface area contributed by atoms with Crippen molar-refractivity contribution in [1.29, 1.82) is 0 Å². The Hall–Kier alpha value is -2.83. The van der Waals surface area contributed by atoms with E-state index in [1.54, 1.807) is 23.4 Å². The van der Waals surface area contributed by atoms with E-state index in [0.29, 0.717) is 17.9 Å². The summed E-state index contributed by atoms with van der Waals surface area (Å²) in [5.41, 5.74) is 0.701. The normalized spacial score (nSPS) is 19.9. The number of aromatic amines is 1. The first-order chi connectivity index (χ1) is 12.2. The van der Waals surface area contributed by atoms with E-state index in [9.17, 15) is 9.59 Å². The third-order valence-electron chi connectivity index (χ3n) is 4.67. The lowest BCUT2D eigenvalue weighted by Crippen LogP contribution is -2.46. The fraction of sp³-hybridized carbons (Fsp3) is 0.389. The van der Waals surface area contributed by atoms with E-state index in [2.05, 4.69) is 20.6 Å². The van der Waals surface area contributed by atoms with Gasteiger partial charge in [0.05, 0.1) is 17.8 Å². The molecule has 0 radical (unpaired) electrons. The summed E-state index contributed by atoms with van der Waals surface area (Å²) in [5, 5.41) is 5.86. The largest absolute Gasteiger partial charge is 0.375 e. The Morgan fingerprint density at radius 2 is 2.16 bits per heavy atom. The van der Waals surface area contributed by atoms with Crippen LogP contribution >= 0.6 is 0 Å². The molecule has 2 aromatic heterocycles. The summed E-state index contributed by atoms with van der Waals surface area (Å²) in [5.74, 6) is 1.22. The standard InChI is InChI=1S/C18H23N5O2/c1-19-16-8-9-17(22-16)23(13-5-4-10-20-11-13)18(25)14-6-2-3-7-15(14)21-12-24/h4-5,8-12,14-15,19,22H,2-3,6-7H2,1H3,(H,21,24). The Bertz CT molecular complexity index is 715. The monoisotopic (exact) mass is 341 g/mol. The molecule has 1 aliphatic rings. The van der Waals surface area contributed by atoms with Crippen molar-refractivity contribution in [3.05, 3.63) is 36.7 Å². The van der Waals surface area contributed by atoms with Gasteiger partial charge in [0.25, 0.3) is 0 Å². The molecular weight excluding hydrogens is 318 g/mol. The molecule has 1 aliphatic carbocycles. The molecule has 2 unspecified atom stereocenters. The van der Waals surface area contributed by atoms with Crippen LogP contribution in [0.1, 0.15) is 25.7 Å². The smallest absolute Gasteiger partial charge is 0.237 e. The molecule has 2 amide bonds. The summed E-state index contributed by atoms with van der Waals surface area (Å²) in [6.07, 6.45) is 7.64. The highest BCUT2D eigenvalue weighted by Crippen LogP contribution is 2.32. The second-order valence-corrected chi connectivity index (χ2v) is 6.17. The molecule has 3 N–H and O–H groups in total. The molecule has 0 aromatic carbocycles. The number of nitrogens with zero attached hydrogens (tertiary/aromatic N) is 2. The molecule has 1 saturated carbocycles. The summed E-state index contributed by atoms with van der Waals surface area (Å²) >= 11 is 0. The van der Waals surface area contributed by atoms with E-state index in [0.717, 1.165) is 31.5 Å². The van der Waals surface area contributed by atoms with Gasteiger partial charge in [0.2, 0.25) is 12.3 Å². The number of hydrogen-bond acceptors (Lipinski definition) is 4. The zero-order valence-electron chi connectivity index (χ0n) is 14.2. The first kappa shape index (κ1) is 17.0. The van der Waals surface area contributed by atoms with E-state index in [1.165, 1.54) is 0 Å². The molecule has 7 heteroatoms. The maximum absolute atomic E-state index is 13.4. The van der Waals surface area contributed by atoms with Gasteiger partial charge in [-0.3, -0.25) is 19.5 Å². The van der Waals surface area contributed by atoms with Crippen LogP contribution in [0.2, 0.25) is 0 Å². The van der Waals surface area contributed by atoms with Crippen molar-refractivity contribution in [2.75, 3.05) is 17.3 Å². The highest BCUT2D eigenvalue weighted by Gasteiger charge is 2.35. The number of carbonyl (C=O) groups excluding carboxylic acids is 2. The number of H-pyrrole nitrogens is 1. The van der Waals surface area contributed by atoms with Gasteiger partial charge in [0.1, 0.15) is 11.6 Å². The van der Waals surface area contributed by atoms with Crippen LogP contribution in [0.5, 0.6) is 0 Å². The van der Waals surface area contributed by atoms with Crippen LogP contribution in [-0.2, 0) is 9.59 Å². The first-order valence-corrected chi connectivity index (χ1v) is 8.55. The lowest BCUT2D eigenvalue weighted by atomic mass is 9.83. The molecular formula is C18H23N5O2. The molecule has 25 heavy (non-hydrogen) atoms. The van der Waals surface area contributed by atoms with Crippen molar-refractivity contribution in [3.8, 4) is 0 Å². The fourth-order valence-corrected chi connectivity index (χ4v) is 3.41. The van der Waals surface area contributed by atoms with Crippen LogP contribution in [0.4, 0.5) is 17.3 Å². The number of hydrogen-bond donors (Lipinski definition) is 3. The topological polar surface area (TPSA) is 90.1 Å². The molecule has 2 aromatic rings. The van der Waals surface area contributed by atoms with Gasteiger partial charge in [-0.05, 0) is 37.1 Å². The lowest BCUT2D eigenvalue weighted by Gasteiger charge is -2.33. The van der Waals surface area contributed by atoms with Gasteiger partial charge in [-0.1, -0.05) is 12.8 Å². The minimum Gasteiger partial charge on any atom is -0.375 e. The maximum Gasteiger partial charge on any atom is 0.237 e. The molecule has 2 heterocycles. The number of amides is 2. The Morgan fingerprint density at radius 3 is 2.84 bits per heavy atom. The van der Waals surface area contributed by atoms with Crippen LogP contribution in [0.15, 0.2) is 36.7 Å². The lowest BCUT2D eigenvalue weighted by molar-refractivity contribution is -0.123. The minimum atomic E-state index is -0.250. The molecule has 0 saturated heterocycles. The number of rotatable bonds is 6. The zero-order chi connectivity index (χ0) is 17.6. The van der Waals surface area contributed by atoms with Crippen molar-refractivity contribution in [1.82, 2.24) is 15.3 Å². The van der Waals surface area contributed by atoms with Crippen LogP contribution in [0.25, 0.3) is 0 Å². The predicted molar refractivity (Wildman–Crippen MR) is 96.7 cm³/mol. The summed E-state index contributed by atoms with van der Waals surface area (Å²) in [7, 11) is 1.82. The Labute approximate surface area is 146 Å². The summed E-state index contributed by atoms with van der Waals surface area (Å²) < 4.78 is 0. The highest BCUT2D eigenvalue weighted by molar-refractivity contribution is 6.01. The molecule has 0 aliphatic heterocycles. The van der Waals surface area contributed by atoms with E-state index in [4.69, 9.17) is 0 Å². The van der Waals surface area contributed by atoms with Crippen LogP contribution in [0, 0.1) is 5.92 Å². The predicted octanol–water partition coefficient (Wildman–Crippen LogP) is 2.42. The van der Waals surface area contributed by atoms with E-state index >= 15 is 0 Å². The SMILES string of the molecule is CNc1ccc(N(C(=O)C2CCCCC2NC=O)c2cccnc2)[nH]1. The molecule has 1 fully saturated rings. The average Bonchev–Trinajstić information content (AvgIpc) is 3.12. The average molecular weight is 341 g/mol. The van der Waals surface area contributed by atoms with Crippen molar-refractivity contribution in [3.63, 3.8) is 0 Å².